The van der Waals surface area contributed by atoms with Gasteiger partial charge in [-0.15, -0.1) is 0 Å². The number of hydrogen-bond donors (Lipinski definition) is 3. The number of carbonyl (C=O) groups is 2. The van der Waals surface area contributed by atoms with Crippen LogP contribution in [0.2, 0.25) is 5.02 Å². The second-order valence-electron chi connectivity index (χ2n) is 6.33. The third kappa shape index (κ3) is 3.46. The molecule has 3 aromatic rings. The number of urea groups is 1. The van der Waals surface area contributed by atoms with Gasteiger partial charge in [0.1, 0.15) is 5.82 Å². The van der Waals surface area contributed by atoms with E-state index in [1.165, 1.54) is 24.3 Å². The smallest absolute Gasteiger partial charge is 0.336 e. The molecular weight excluding hydrogens is 371 g/mol. The summed E-state index contributed by atoms with van der Waals surface area (Å²) in [4.78, 5) is 29.4. The van der Waals surface area contributed by atoms with Gasteiger partial charge in [-0.05, 0) is 42.5 Å². The molecule has 0 bridgehead atoms. The molecule has 0 spiro atoms. The molecule has 1 aromatic heterocycles. The van der Waals surface area contributed by atoms with Gasteiger partial charge in [0.25, 0.3) is 5.91 Å². The van der Waals surface area contributed by atoms with Crippen LogP contribution in [0.15, 0.2) is 42.5 Å². The number of hydrogen-bond acceptors (Lipinski definition) is 2. The van der Waals surface area contributed by atoms with E-state index in [0.717, 1.165) is 22.2 Å². The highest BCUT2D eigenvalue weighted by Crippen LogP contribution is 2.29. The lowest BCUT2D eigenvalue weighted by Gasteiger charge is -2.27. The Morgan fingerprint density at radius 2 is 1.89 bits per heavy atom. The first-order valence-electron chi connectivity index (χ1n) is 8.41. The van der Waals surface area contributed by atoms with Crippen LogP contribution in [0.25, 0.3) is 10.9 Å². The van der Waals surface area contributed by atoms with Crippen molar-refractivity contribution in [3.8, 4) is 0 Å². The van der Waals surface area contributed by atoms with Crippen molar-refractivity contribution in [3.63, 3.8) is 0 Å². The standard InChI is InChI=1S/C19H16ClFN4O2/c20-12-3-6-16-14(9-12)15-10-25(8-7-17(15)22-16)19(27)24-23-18(26)11-1-4-13(21)5-2-11/h1-6,9,22H,7-8,10H2,(H,23,26)(H,24,27). The predicted molar refractivity (Wildman–Crippen MR) is 99.8 cm³/mol. The molecule has 0 saturated carbocycles. The van der Waals surface area contributed by atoms with Crippen molar-refractivity contribution in [1.82, 2.24) is 20.7 Å². The summed E-state index contributed by atoms with van der Waals surface area (Å²) in [5.41, 5.74) is 8.11. The summed E-state index contributed by atoms with van der Waals surface area (Å²) in [6.45, 7) is 0.930. The number of halogens is 2. The number of nitrogens with zero attached hydrogens (tertiary/aromatic N) is 1. The second kappa shape index (κ2) is 6.92. The highest BCUT2D eigenvalue weighted by atomic mass is 35.5. The van der Waals surface area contributed by atoms with E-state index in [-0.39, 0.29) is 5.56 Å². The first-order valence-corrected chi connectivity index (χ1v) is 8.79. The molecular formula is C19H16ClFN4O2. The Balaban J connectivity index is 1.43. The fraction of sp³-hybridized carbons (Fsp3) is 0.158. The van der Waals surface area contributed by atoms with Crippen LogP contribution in [0.1, 0.15) is 21.6 Å². The highest BCUT2D eigenvalue weighted by molar-refractivity contribution is 6.31. The molecule has 0 radical (unpaired) electrons. The van der Waals surface area contributed by atoms with E-state index in [4.69, 9.17) is 11.6 Å². The molecule has 3 N–H and O–H groups in total. The lowest BCUT2D eigenvalue weighted by molar-refractivity contribution is 0.0929. The van der Waals surface area contributed by atoms with E-state index in [0.29, 0.717) is 24.5 Å². The van der Waals surface area contributed by atoms with Crippen LogP contribution >= 0.6 is 11.6 Å². The van der Waals surface area contributed by atoms with Gasteiger partial charge < -0.3 is 9.88 Å². The second-order valence-corrected chi connectivity index (χ2v) is 6.77. The lowest BCUT2D eigenvalue weighted by atomic mass is 10.0. The number of aromatic amines is 1. The maximum atomic E-state index is 12.9. The fourth-order valence-corrected chi connectivity index (χ4v) is 3.39. The van der Waals surface area contributed by atoms with Gasteiger partial charge in [-0.25, -0.2) is 14.6 Å². The molecule has 4 rings (SSSR count). The minimum Gasteiger partial charge on any atom is -0.358 e. The number of rotatable bonds is 1. The van der Waals surface area contributed by atoms with E-state index in [2.05, 4.69) is 15.8 Å². The van der Waals surface area contributed by atoms with Crippen molar-refractivity contribution in [2.75, 3.05) is 6.54 Å². The molecule has 0 atom stereocenters. The van der Waals surface area contributed by atoms with Crippen molar-refractivity contribution in [2.45, 2.75) is 13.0 Å². The van der Waals surface area contributed by atoms with E-state index >= 15 is 0 Å². The number of hydrazine groups is 1. The fourth-order valence-electron chi connectivity index (χ4n) is 3.22. The van der Waals surface area contributed by atoms with Gasteiger partial charge in [0.05, 0.1) is 0 Å². The Morgan fingerprint density at radius 3 is 2.67 bits per heavy atom. The first kappa shape index (κ1) is 17.4. The molecule has 6 nitrogen and oxygen atoms in total. The van der Waals surface area contributed by atoms with E-state index in [9.17, 15) is 14.0 Å². The third-order valence-electron chi connectivity index (χ3n) is 4.61. The molecule has 0 aliphatic carbocycles. The maximum Gasteiger partial charge on any atom is 0.336 e. The predicted octanol–water partition coefficient (Wildman–Crippen LogP) is 3.37. The van der Waals surface area contributed by atoms with Crippen LogP contribution in [0, 0.1) is 5.82 Å². The van der Waals surface area contributed by atoms with Crippen LogP contribution in [-0.2, 0) is 13.0 Å². The average Bonchev–Trinajstić information content (AvgIpc) is 3.03. The van der Waals surface area contributed by atoms with Gasteiger partial charge in [-0.1, -0.05) is 11.6 Å². The van der Waals surface area contributed by atoms with Crippen LogP contribution in [-0.4, -0.2) is 28.4 Å². The topological polar surface area (TPSA) is 77.2 Å². The summed E-state index contributed by atoms with van der Waals surface area (Å²) in [6.07, 6.45) is 0.682. The summed E-state index contributed by atoms with van der Waals surface area (Å²) in [5.74, 6) is -0.946. The highest BCUT2D eigenvalue weighted by Gasteiger charge is 2.24. The normalized spacial score (nSPS) is 13.3. The van der Waals surface area contributed by atoms with E-state index in [1.807, 2.05) is 18.2 Å². The van der Waals surface area contributed by atoms with Crippen LogP contribution in [0.3, 0.4) is 0 Å². The summed E-state index contributed by atoms with van der Waals surface area (Å²) < 4.78 is 12.9. The molecule has 0 fully saturated rings. The van der Waals surface area contributed by atoms with Crippen molar-refractivity contribution >= 4 is 34.4 Å². The zero-order valence-corrected chi connectivity index (χ0v) is 14.9. The first-order chi connectivity index (χ1) is 13.0. The number of amides is 3. The van der Waals surface area contributed by atoms with Gasteiger partial charge in [0.15, 0.2) is 0 Å². The Bertz CT molecular complexity index is 1030. The quantitative estimate of drug-likeness (QED) is 0.561. The van der Waals surface area contributed by atoms with Gasteiger partial charge in [0.2, 0.25) is 0 Å². The van der Waals surface area contributed by atoms with Crippen molar-refractivity contribution in [3.05, 3.63) is 70.1 Å². The number of nitrogens with one attached hydrogen (secondary N) is 3. The number of H-pyrrole nitrogens is 1. The van der Waals surface area contributed by atoms with E-state index < -0.39 is 17.8 Å². The number of fused-ring (bicyclic) bond motifs is 3. The van der Waals surface area contributed by atoms with Gasteiger partial charge in [-0.2, -0.15) is 0 Å². The molecule has 2 aromatic carbocycles. The maximum absolute atomic E-state index is 12.9. The van der Waals surface area contributed by atoms with Crippen LogP contribution < -0.4 is 10.9 Å². The van der Waals surface area contributed by atoms with Crippen LogP contribution in [0.4, 0.5) is 9.18 Å². The molecule has 1 aliphatic heterocycles. The summed E-state index contributed by atoms with van der Waals surface area (Å²) in [7, 11) is 0. The monoisotopic (exact) mass is 386 g/mol. The van der Waals surface area contributed by atoms with Crippen LogP contribution in [0.5, 0.6) is 0 Å². The van der Waals surface area contributed by atoms with Gasteiger partial charge in [-0.3, -0.25) is 10.2 Å². The zero-order chi connectivity index (χ0) is 19.0. The molecule has 27 heavy (non-hydrogen) atoms. The minimum absolute atomic E-state index is 0.254. The molecule has 3 amide bonds. The average molecular weight is 387 g/mol. The Labute approximate surface area is 159 Å². The molecule has 138 valence electrons. The Morgan fingerprint density at radius 1 is 1.11 bits per heavy atom. The Hall–Kier alpha value is -3.06. The lowest BCUT2D eigenvalue weighted by Crippen LogP contribution is -2.50. The third-order valence-corrected chi connectivity index (χ3v) is 4.85. The molecule has 0 saturated heterocycles. The Kier molecular flexibility index (Phi) is 4.45. The summed E-state index contributed by atoms with van der Waals surface area (Å²) in [5, 5.41) is 1.63. The SMILES string of the molecule is O=C(NNC(=O)N1CCc2[nH]c3ccc(Cl)cc3c2C1)c1ccc(F)cc1. The number of aromatic nitrogens is 1. The molecule has 8 heteroatoms. The van der Waals surface area contributed by atoms with E-state index in [1.54, 1.807) is 4.90 Å². The number of benzene rings is 2. The molecule has 1 aliphatic rings. The summed E-state index contributed by atoms with van der Waals surface area (Å²) >= 11 is 6.09. The minimum atomic E-state index is -0.514. The summed E-state index contributed by atoms with van der Waals surface area (Å²) in [6, 6.07) is 10.3. The van der Waals surface area contributed by atoms with Crippen molar-refractivity contribution < 1.29 is 14.0 Å². The number of carbonyl (C=O) groups excluding carboxylic acids is 2. The molecule has 0 unspecified atom stereocenters. The van der Waals surface area contributed by atoms with Crippen molar-refractivity contribution in [1.29, 1.82) is 0 Å². The molecule has 2 heterocycles. The largest absolute Gasteiger partial charge is 0.358 e. The van der Waals surface area contributed by atoms with Crippen molar-refractivity contribution in [2.24, 2.45) is 0 Å². The van der Waals surface area contributed by atoms with Gasteiger partial charge in [0, 0.05) is 52.3 Å². The van der Waals surface area contributed by atoms with Gasteiger partial charge >= 0.3 is 6.03 Å². The zero-order valence-electron chi connectivity index (χ0n) is 14.2.